The fourth-order valence-electron chi connectivity index (χ4n) is 4.24. The van der Waals surface area contributed by atoms with E-state index >= 15 is 0 Å². The van der Waals surface area contributed by atoms with Crippen LogP contribution in [-0.4, -0.2) is 52.0 Å². The zero-order valence-corrected chi connectivity index (χ0v) is 21.3. The molecule has 1 aliphatic rings. The van der Waals surface area contributed by atoms with E-state index in [0.717, 1.165) is 17.7 Å². The summed E-state index contributed by atoms with van der Waals surface area (Å²) in [6.45, 7) is 2.11. The Morgan fingerprint density at radius 2 is 1.68 bits per heavy atom. The second-order valence-corrected chi connectivity index (χ2v) is 8.82. The van der Waals surface area contributed by atoms with E-state index in [2.05, 4.69) is 5.32 Å². The van der Waals surface area contributed by atoms with Crippen molar-refractivity contribution >= 4 is 11.6 Å². The molecule has 4 rings (SSSR count). The normalized spacial score (nSPS) is 15.5. The van der Waals surface area contributed by atoms with Crippen molar-refractivity contribution < 1.29 is 32.5 Å². The number of anilines is 1. The first-order valence-corrected chi connectivity index (χ1v) is 12.5. The van der Waals surface area contributed by atoms with Crippen molar-refractivity contribution in [2.75, 3.05) is 44.9 Å². The van der Waals surface area contributed by atoms with E-state index in [0.29, 0.717) is 37.8 Å². The third-order valence-electron chi connectivity index (χ3n) is 6.18. The number of carbonyl (C=O) groups excluding carboxylic acids is 1. The highest BCUT2D eigenvalue weighted by Gasteiger charge is 2.29. The lowest BCUT2D eigenvalue weighted by Gasteiger charge is -2.36. The summed E-state index contributed by atoms with van der Waals surface area (Å²) in [7, 11) is 1.64. The standard InChI is InChI=1S/C29H32F2N2O5/c1-35-28-9-3-2-6-21(28)18-36-14-5-15-38-24-12-10-22(11-13-24)33-23(16-32-17-29(33)34)19-37-20-25-26(30)7-4-8-27(25)31/h2-4,6-13,23,32H,5,14-20H2,1H3/t23-/m1/s1. The molecule has 0 aliphatic carbocycles. The summed E-state index contributed by atoms with van der Waals surface area (Å²) in [4.78, 5) is 14.3. The summed E-state index contributed by atoms with van der Waals surface area (Å²) in [5, 5.41) is 3.07. The fourth-order valence-corrected chi connectivity index (χ4v) is 4.24. The maximum absolute atomic E-state index is 13.9. The molecule has 3 aromatic rings. The molecule has 202 valence electrons. The number of piperazine rings is 1. The number of rotatable bonds is 13. The van der Waals surface area contributed by atoms with Crippen LogP contribution in [0.15, 0.2) is 66.7 Å². The lowest BCUT2D eigenvalue weighted by Crippen LogP contribution is -2.57. The predicted molar refractivity (Wildman–Crippen MR) is 139 cm³/mol. The highest BCUT2D eigenvalue weighted by Crippen LogP contribution is 2.24. The molecule has 1 atom stereocenters. The molecule has 0 unspecified atom stereocenters. The van der Waals surface area contributed by atoms with Crippen molar-refractivity contribution in [3.8, 4) is 11.5 Å². The van der Waals surface area contributed by atoms with E-state index in [-0.39, 0.29) is 37.3 Å². The summed E-state index contributed by atoms with van der Waals surface area (Å²) in [5.41, 5.74) is 1.58. The zero-order valence-electron chi connectivity index (χ0n) is 21.3. The first kappa shape index (κ1) is 27.5. The van der Waals surface area contributed by atoms with Crippen LogP contribution in [0.3, 0.4) is 0 Å². The molecular formula is C29H32F2N2O5. The number of para-hydroxylation sites is 1. The molecular weight excluding hydrogens is 494 g/mol. The summed E-state index contributed by atoms with van der Waals surface area (Å²) >= 11 is 0. The van der Waals surface area contributed by atoms with Crippen molar-refractivity contribution in [2.45, 2.75) is 25.7 Å². The first-order valence-electron chi connectivity index (χ1n) is 12.5. The number of methoxy groups -OCH3 is 1. The van der Waals surface area contributed by atoms with Crippen molar-refractivity contribution in [3.63, 3.8) is 0 Å². The van der Waals surface area contributed by atoms with E-state index in [1.165, 1.54) is 18.2 Å². The Hall–Kier alpha value is -3.53. The number of benzene rings is 3. The van der Waals surface area contributed by atoms with Gasteiger partial charge in [0.2, 0.25) is 5.91 Å². The minimum Gasteiger partial charge on any atom is -0.496 e. The van der Waals surface area contributed by atoms with Crippen molar-refractivity contribution in [2.24, 2.45) is 0 Å². The van der Waals surface area contributed by atoms with Gasteiger partial charge < -0.3 is 29.2 Å². The Bertz CT molecular complexity index is 1170. The monoisotopic (exact) mass is 526 g/mol. The highest BCUT2D eigenvalue weighted by atomic mass is 19.1. The van der Waals surface area contributed by atoms with Gasteiger partial charge >= 0.3 is 0 Å². The van der Waals surface area contributed by atoms with Gasteiger partial charge in [0.15, 0.2) is 0 Å². The van der Waals surface area contributed by atoms with Gasteiger partial charge in [0, 0.05) is 29.8 Å². The number of carbonyl (C=O) groups is 1. The molecule has 0 radical (unpaired) electrons. The number of ether oxygens (including phenoxy) is 4. The van der Waals surface area contributed by atoms with Gasteiger partial charge in [-0.3, -0.25) is 4.79 Å². The fraction of sp³-hybridized carbons (Fsp3) is 0.345. The quantitative estimate of drug-likeness (QED) is 0.331. The van der Waals surface area contributed by atoms with Crippen LogP contribution in [0, 0.1) is 11.6 Å². The molecule has 7 nitrogen and oxygen atoms in total. The SMILES string of the molecule is COc1ccccc1COCCCOc1ccc(N2C(=O)CNC[C@@H]2COCc2c(F)cccc2F)cc1. The molecule has 1 N–H and O–H groups in total. The molecule has 1 heterocycles. The molecule has 0 spiro atoms. The van der Waals surface area contributed by atoms with Gasteiger partial charge in [-0.2, -0.15) is 0 Å². The van der Waals surface area contributed by atoms with Gasteiger partial charge in [-0.15, -0.1) is 0 Å². The Balaban J connectivity index is 1.24. The highest BCUT2D eigenvalue weighted by molar-refractivity contribution is 5.96. The molecule has 0 aromatic heterocycles. The third kappa shape index (κ3) is 7.28. The Kier molecular flexibility index (Phi) is 10.0. The van der Waals surface area contributed by atoms with Crippen molar-refractivity contribution in [3.05, 3.63) is 89.5 Å². The van der Waals surface area contributed by atoms with Gasteiger partial charge in [-0.05, 0) is 42.5 Å². The number of hydrogen-bond acceptors (Lipinski definition) is 6. The van der Waals surface area contributed by atoms with Crippen LogP contribution in [-0.2, 0) is 27.5 Å². The van der Waals surface area contributed by atoms with Crippen LogP contribution in [0.1, 0.15) is 17.5 Å². The average Bonchev–Trinajstić information content (AvgIpc) is 2.93. The lowest BCUT2D eigenvalue weighted by molar-refractivity contribution is -0.119. The van der Waals surface area contributed by atoms with E-state index in [4.69, 9.17) is 18.9 Å². The zero-order chi connectivity index (χ0) is 26.7. The number of hydrogen-bond donors (Lipinski definition) is 1. The Morgan fingerprint density at radius 3 is 2.45 bits per heavy atom. The molecule has 9 heteroatoms. The van der Waals surface area contributed by atoms with Crippen LogP contribution in [0.5, 0.6) is 11.5 Å². The van der Waals surface area contributed by atoms with Crippen LogP contribution < -0.4 is 19.7 Å². The molecule has 38 heavy (non-hydrogen) atoms. The summed E-state index contributed by atoms with van der Waals surface area (Å²) in [5.74, 6) is 0.0721. The van der Waals surface area contributed by atoms with Gasteiger partial charge in [0.1, 0.15) is 23.1 Å². The average molecular weight is 527 g/mol. The second kappa shape index (κ2) is 13.9. The van der Waals surface area contributed by atoms with Crippen LogP contribution in [0.2, 0.25) is 0 Å². The van der Waals surface area contributed by atoms with Crippen LogP contribution >= 0.6 is 0 Å². The molecule has 3 aromatic carbocycles. The smallest absolute Gasteiger partial charge is 0.241 e. The van der Waals surface area contributed by atoms with E-state index in [1.54, 1.807) is 12.0 Å². The van der Waals surface area contributed by atoms with Crippen LogP contribution in [0.25, 0.3) is 0 Å². The number of nitrogens with zero attached hydrogens (tertiary/aromatic N) is 1. The predicted octanol–water partition coefficient (Wildman–Crippen LogP) is 4.48. The van der Waals surface area contributed by atoms with E-state index in [9.17, 15) is 13.6 Å². The summed E-state index contributed by atoms with van der Waals surface area (Å²) in [6, 6.07) is 18.4. The van der Waals surface area contributed by atoms with E-state index < -0.39 is 11.6 Å². The second-order valence-electron chi connectivity index (χ2n) is 8.82. The van der Waals surface area contributed by atoms with Gasteiger partial charge in [0.25, 0.3) is 0 Å². The molecule has 1 aliphatic heterocycles. The number of nitrogens with one attached hydrogen (secondary N) is 1. The first-order chi connectivity index (χ1) is 18.6. The minimum absolute atomic E-state index is 0.109. The summed E-state index contributed by atoms with van der Waals surface area (Å²) < 4.78 is 50.3. The van der Waals surface area contributed by atoms with Crippen molar-refractivity contribution in [1.82, 2.24) is 5.32 Å². The lowest BCUT2D eigenvalue weighted by atomic mass is 10.1. The van der Waals surface area contributed by atoms with Crippen molar-refractivity contribution in [1.29, 1.82) is 0 Å². The number of halogens is 2. The summed E-state index contributed by atoms with van der Waals surface area (Å²) in [6.07, 6.45) is 0.717. The largest absolute Gasteiger partial charge is 0.496 e. The molecule has 0 saturated carbocycles. The third-order valence-corrected chi connectivity index (χ3v) is 6.18. The number of amides is 1. The van der Waals surface area contributed by atoms with Gasteiger partial charge in [-0.1, -0.05) is 24.3 Å². The van der Waals surface area contributed by atoms with Gasteiger partial charge in [0.05, 0.1) is 52.7 Å². The van der Waals surface area contributed by atoms with Gasteiger partial charge in [-0.25, -0.2) is 8.78 Å². The maximum atomic E-state index is 13.9. The molecule has 1 fully saturated rings. The Morgan fingerprint density at radius 1 is 0.921 bits per heavy atom. The molecule has 0 bridgehead atoms. The molecule has 1 saturated heterocycles. The minimum atomic E-state index is -0.654. The Labute approximate surface area is 221 Å². The molecule has 1 amide bonds. The maximum Gasteiger partial charge on any atom is 0.241 e. The van der Waals surface area contributed by atoms with E-state index in [1.807, 2.05) is 48.5 Å². The topological polar surface area (TPSA) is 69.3 Å². The van der Waals surface area contributed by atoms with Crippen LogP contribution in [0.4, 0.5) is 14.5 Å².